The Morgan fingerprint density at radius 3 is 2.45 bits per heavy atom. The van der Waals surface area contributed by atoms with Crippen LogP contribution < -0.4 is 4.74 Å². The molecule has 0 amide bonds. The van der Waals surface area contributed by atoms with E-state index in [-0.39, 0.29) is 4.90 Å². The highest BCUT2D eigenvalue weighted by Gasteiger charge is 2.32. The van der Waals surface area contributed by atoms with Gasteiger partial charge in [-0.25, -0.2) is 8.42 Å². The summed E-state index contributed by atoms with van der Waals surface area (Å²) >= 11 is 6.19. The summed E-state index contributed by atoms with van der Waals surface area (Å²) in [6, 6.07) is 1.66. The summed E-state index contributed by atoms with van der Waals surface area (Å²) in [4.78, 5) is 0.150. The molecule has 2 rings (SSSR count). The molecule has 1 aliphatic heterocycles. The Balaban J connectivity index is 2.58. The second kappa shape index (κ2) is 5.89. The van der Waals surface area contributed by atoms with Crippen LogP contribution in [0.5, 0.6) is 5.75 Å². The fourth-order valence-corrected chi connectivity index (χ4v) is 4.27. The number of rotatable bonds is 3. The van der Waals surface area contributed by atoms with Gasteiger partial charge >= 0.3 is 0 Å². The third-order valence-electron chi connectivity index (χ3n) is 3.38. The van der Waals surface area contributed by atoms with Gasteiger partial charge in [-0.2, -0.15) is 4.31 Å². The minimum Gasteiger partial charge on any atom is -0.495 e. The monoisotopic (exact) mass is 319 g/mol. The molecule has 1 fully saturated rings. The van der Waals surface area contributed by atoms with E-state index in [1.54, 1.807) is 13.0 Å². The summed E-state index contributed by atoms with van der Waals surface area (Å²) < 4.78 is 37.4. The first-order valence-electron chi connectivity index (χ1n) is 6.31. The number of methoxy groups -OCH3 is 1. The first-order chi connectivity index (χ1) is 9.39. The summed E-state index contributed by atoms with van der Waals surface area (Å²) in [5, 5.41) is 0.456. The molecule has 1 saturated heterocycles. The number of aryl methyl sites for hydroxylation is 1. The molecular formula is C13H18ClNO4S. The van der Waals surface area contributed by atoms with Crippen LogP contribution in [0.2, 0.25) is 5.02 Å². The lowest BCUT2D eigenvalue weighted by Crippen LogP contribution is -2.41. The van der Waals surface area contributed by atoms with Crippen LogP contribution in [0.15, 0.2) is 11.0 Å². The molecular weight excluding hydrogens is 302 g/mol. The highest BCUT2D eigenvalue weighted by molar-refractivity contribution is 7.89. The van der Waals surface area contributed by atoms with Gasteiger partial charge in [-0.3, -0.25) is 0 Å². The van der Waals surface area contributed by atoms with Crippen LogP contribution in [-0.2, 0) is 14.8 Å². The third-order valence-corrected chi connectivity index (χ3v) is 6.03. The smallest absolute Gasteiger partial charge is 0.247 e. The van der Waals surface area contributed by atoms with Crippen LogP contribution >= 0.6 is 11.6 Å². The minimum absolute atomic E-state index is 0.150. The lowest BCUT2D eigenvalue weighted by molar-refractivity contribution is 0.0729. The molecule has 1 aliphatic rings. The Hall–Kier alpha value is -0.820. The second-order valence-corrected chi connectivity index (χ2v) is 6.93. The standard InChI is InChI=1S/C13H18ClNO4S/c1-9-8-11(18-3)13(10(2)12(9)14)20(16,17)15-4-6-19-7-5-15/h8H,4-7H2,1-3H3. The molecule has 1 aromatic carbocycles. The van der Waals surface area contributed by atoms with E-state index in [9.17, 15) is 8.42 Å². The summed E-state index contributed by atoms with van der Waals surface area (Å²) in [6.07, 6.45) is 0. The largest absolute Gasteiger partial charge is 0.495 e. The van der Waals surface area contributed by atoms with Gasteiger partial charge in [0.25, 0.3) is 0 Å². The highest BCUT2D eigenvalue weighted by Crippen LogP contribution is 2.36. The van der Waals surface area contributed by atoms with Crippen LogP contribution in [0.25, 0.3) is 0 Å². The van der Waals surface area contributed by atoms with Crippen molar-refractivity contribution in [3.8, 4) is 5.75 Å². The third kappa shape index (κ3) is 2.65. The summed E-state index contributed by atoms with van der Waals surface area (Å²) in [5.41, 5.74) is 1.32. The zero-order valence-electron chi connectivity index (χ0n) is 11.8. The number of ether oxygens (including phenoxy) is 2. The Labute approximate surface area is 124 Å². The SMILES string of the molecule is COc1cc(C)c(Cl)c(C)c1S(=O)(=O)N1CCOCC1. The molecule has 5 nitrogen and oxygen atoms in total. The van der Waals surface area contributed by atoms with Crippen molar-refractivity contribution in [1.29, 1.82) is 0 Å². The van der Waals surface area contributed by atoms with Crippen molar-refractivity contribution in [2.24, 2.45) is 0 Å². The van der Waals surface area contributed by atoms with E-state index in [4.69, 9.17) is 21.1 Å². The Bertz CT molecular complexity index is 609. The number of hydrogen-bond donors (Lipinski definition) is 0. The predicted octanol–water partition coefficient (Wildman–Crippen LogP) is 1.99. The van der Waals surface area contributed by atoms with Crippen molar-refractivity contribution < 1.29 is 17.9 Å². The van der Waals surface area contributed by atoms with Gasteiger partial charge in [-0.1, -0.05) is 11.6 Å². The maximum absolute atomic E-state index is 12.8. The number of benzene rings is 1. The Morgan fingerprint density at radius 2 is 1.90 bits per heavy atom. The topological polar surface area (TPSA) is 55.8 Å². The molecule has 1 heterocycles. The first kappa shape index (κ1) is 15.6. The Morgan fingerprint density at radius 1 is 1.30 bits per heavy atom. The van der Waals surface area contributed by atoms with Crippen LogP contribution in [0.3, 0.4) is 0 Å². The zero-order chi connectivity index (χ0) is 14.9. The summed E-state index contributed by atoms with van der Waals surface area (Å²) in [5.74, 6) is 0.330. The van der Waals surface area contributed by atoms with E-state index >= 15 is 0 Å². The van der Waals surface area contributed by atoms with Crippen LogP contribution in [0.4, 0.5) is 0 Å². The van der Waals surface area contributed by atoms with Gasteiger partial charge in [0.05, 0.1) is 20.3 Å². The Kier molecular flexibility index (Phi) is 4.59. The lowest BCUT2D eigenvalue weighted by atomic mass is 10.1. The van der Waals surface area contributed by atoms with Gasteiger partial charge in [0, 0.05) is 18.1 Å². The van der Waals surface area contributed by atoms with E-state index in [1.807, 2.05) is 6.92 Å². The second-order valence-electron chi connectivity index (χ2n) is 4.68. The van der Waals surface area contributed by atoms with Gasteiger partial charge in [0.1, 0.15) is 10.6 Å². The molecule has 0 radical (unpaired) electrons. The van der Waals surface area contributed by atoms with Crippen molar-refractivity contribution in [2.75, 3.05) is 33.4 Å². The maximum Gasteiger partial charge on any atom is 0.247 e. The minimum atomic E-state index is -3.63. The number of morpholine rings is 1. The fraction of sp³-hybridized carbons (Fsp3) is 0.538. The lowest BCUT2D eigenvalue weighted by Gasteiger charge is -2.27. The van der Waals surface area contributed by atoms with Crippen LogP contribution in [0, 0.1) is 13.8 Å². The molecule has 0 N–H and O–H groups in total. The van der Waals surface area contributed by atoms with E-state index in [0.717, 1.165) is 5.56 Å². The molecule has 1 aromatic rings. The number of hydrogen-bond acceptors (Lipinski definition) is 4. The normalized spacial score (nSPS) is 17.2. The van der Waals surface area contributed by atoms with Crippen molar-refractivity contribution in [3.05, 3.63) is 22.2 Å². The van der Waals surface area contributed by atoms with Crippen molar-refractivity contribution in [3.63, 3.8) is 0 Å². The maximum atomic E-state index is 12.8. The number of halogens is 1. The van der Waals surface area contributed by atoms with Gasteiger partial charge in [-0.05, 0) is 31.0 Å². The molecule has 0 bridgehead atoms. The van der Waals surface area contributed by atoms with Crippen molar-refractivity contribution in [1.82, 2.24) is 4.31 Å². The summed E-state index contributed by atoms with van der Waals surface area (Å²) in [7, 11) is -2.17. The molecule has 0 aliphatic carbocycles. The molecule has 20 heavy (non-hydrogen) atoms. The molecule has 0 spiro atoms. The van der Waals surface area contributed by atoms with Gasteiger partial charge < -0.3 is 9.47 Å². The zero-order valence-corrected chi connectivity index (χ0v) is 13.3. The molecule has 112 valence electrons. The predicted molar refractivity (Wildman–Crippen MR) is 77.1 cm³/mol. The van der Waals surface area contributed by atoms with Gasteiger partial charge in [0.15, 0.2) is 0 Å². The van der Waals surface area contributed by atoms with E-state index < -0.39 is 10.0 Å². The first-order valence-corrected chi connectivity index (χ1v) is 8.13. The van der Waals surface area contributed by atoms with E-state index in [1.165, 1.54) is 11.4 Å². The molecule has 0 atom stereocenters. The summed E-state index contributed by atoms with van der Waals surface area (Å²) in [6.45, 7) is 5.02. The number of sulfonamides is 1. The molecule has 0 aromatic heterocycles. The molecule has 0 saturated carbocycles. The molecule has 0 unspecified atom stereocenters. The average molecular weight is 320 g/mol. The van der Waals surface area contributed by atoms with Crippen LogP contribution in [-0.4, -0.2) is 46.1 Å². The highest BCUT2D eigenvalue weighted by atomic mass is 35.5. The van der Waals surface area contributed by atoms with E-state index in [0.29, 0.717) is 42.6 Å². The van der Waals surface area contributed by atoms with Gasteiger partial charge in [-0.15, -0.1) is 0 Å². The van der Waals surface area contributed by atoms with Crippen LogP contribution in [0.1, 0.15) is 11.1 Å². The van der Waals surface area contributed by atoms with Crippen molar-refractivity contribution in [2.45, 2.75) is 18.7 Å². The molecule has 7 heteroatoms. The van der Waals surface area contributed by atoms with Crippen molar-refractivity contribution >= 4 is 21.6 Å². The fourth-order valence-electron chi connectivity index (χ4n) is 2.29. The van der Waals surface area contributed by atoms with Gasteiger partial charge in [0.2, 0.25) is 10.0 Å². The van der Waals surface area contributed by atoms with E-state index in [2.05, 4.69) is 0 Å². The number of nitrogens with zero attached hydrogens (tertiary/aromatic N) is 1. The quantitative estimate of drug-likeness (QED) is 0.855. The average Bonchev–Trinajstić information content (AvgIpc) is 2.44.